The summed E-state index contributed by atoms with van der Waals surface area (Å²) in [5, 5.41) is 27.6. The maximum atomic E-state index is 12.5. The summed E-state index contributed by atoms with van der Waals surface area (Å²) in [6.45, 7) is 1.53. The van der Waals surface area contributed by atoms with E-state index in [0.29, 0.717) is 29.3 Å². The molecule has 3 aliphatic rings. The first-order valence-corrected chi connectivity index (χ1v) is 9.83. The summed E-state index contributed by atoms with van der Waals surface area (Å²) in [6.07, 6.45) is 2.52. The number of amides is 3. The Kier molecular flexibility index (Phi) is 6.78. The Hall–Kier alpha value is -1.65. The summed E-state index contributed by atoms with van der Waals surface area (Å²) in [6, 6.07) is 1.66. The second kappa shape index (κ2) is 8.84. The number of carbonyl (C=O) groups is 3. The predicted molar refractivity (Wildman–Crippen MR) is 100 cm³/mol. The number of carboxylic acids is 1. The SMILES string of the molecule is CC(O)[C@H]1C(=O)N2C(C(=O)[O-])=C3[C@@H](NC(=O)Nc4ccc(Cl)nc4)CCC[C@@H]3[C@H]12.[Na+]. The topological polar surface area (TPSA) is 135 Å². The van der Waals surface area contributed by atoms with Crippen molar-refractivity contribution in [2.45, 2.75) is 44.4 Å². The maximum Gasteiger partial charge on any atom is 1.00 e. The monoisotopic (exact) mass is 442 g/mol. The van der Waals surface area contributed by atoms with E-state index >= 15 is 0 Å². The molecule has 1 aromatic heterocycles. The van der Waals surface area contributed by atoms with E-state index in [1.165, 1.54) is 24.1 Å². The molecule has 5 atom stereocenters. The fourth-order valence-electron chi connectivity index (χ4n) is 4.80. The molecule has 9 nitrogen and oxygen atoms in total. The van der Waals surface area contributed by atoms with Crippen LogP contribution in [0.1, 0.15) is 26.2 Å². The third kappa shape index (κ3) is 3.85. The van der Waals surface area contributed by atoms with E-state index in [1.54, 1.807) is 6.07 Å². The number of hydrogen-bond acceptors (Lipinski definition) is 6. The number of urea groups is 1. The third-order valence-corrected chi connectivity index (χ3v) is 6.13. The van der Waals surface area contributed by atoms with Crippen molar-refractivity contribution in [3.8, 4) is 0 Å². The number of aliphatic hydroxyl groups excluding tert-OH is 1. The molecule has 0 spiro atoms. The number of β-lactam (4-membered cyclic amide) rings is 1. The van der Waals surface area contributed by atoms with Crippen LogP contribution in [0.15, 0.2) is 29.6 Å². The average molecular weight is 443 g/mol. The molecule has 2 aliphatic heterocycles. The summed E-state index contributed by atoms with van der Waals surface area (Å²) in [5.74, 6) is -2.72. The Morgan fingerprint density at radius 1 is 1.37 bits per heavy atom. The van der Waals surface area contributed by atoms with Crippen molar-refractivity contribution in [1.82, 2.24) is 15.2 Å². The van der Waals surface area contributed by atoms with Gasteiger partial charge in [0.05, 0.1) is 47.7 Å². The van der Waals surface area contributed by atoms with Crippen LogP contribution in [0.4, 0.5) is 10.5 Å². The van der Waals surface area contributed by atoms with Gasteiger partial charge in [0, 0.05) is 5.92 Å². The number of anilines is 1. The van der Waals surface area contributed by atoms with Crippen LogP contribution < -0.4 is 45.3 Å². The molecule has 3 N–H and O–H groups in total. The Bertz CT molecular complexity index is 907. The molecule has 1 unspecified atom stereocenters. The third-order valence-electron chi connectivity index (χ3n) is 5.90. The molecule has 0 radical (unpaired) electrons. The summed E-state index contributed by atoms with van der Waals surface area (Å²) < 4.78 is 0. The van der Waals surface area contributed by atoms with Gasteiger partial charge in [0.1, 0.15) is 5.15 Å². The summed E-state index contributed by atoms with van der Waals surface area (Å²) in [5.41, 5.74) is 0.773. The van der Waals surface area contributed by atoms with Gasteiger partial charge in [0.2, 0.25) is 5.91 Å². The Morgan fingerprint density at radius 2 is 2.10 bits per heavy atom. The maximum absolute atomic E-state index is 12.5. The molecular weight excluding hydrogens is 423 g/mol. The average Bonchev–Trinajstić information content (AvgIpc) is 2.95. The van der Waals surface area contributed by atoms with Crippen molar-refractivity contribution in [2.24, 2.45) is 11.8 Å². The van der Waals surface area contributed by atoms with Crippen LogP contribution in [0.25, 0.3) is 0 Å². The number of aromatic nitrogens is 1. The van der Waals surface area contributed by atoms with Gasteiger partial charge < -0.3 is 30.5 Å². The molecule has 4 rings (SSSR count). The molecule has 0 bridgehead atoms. The molecule has 1 aliphatic carbocycles. The number of nitrogens with zero attached hydrogens (tertiary/aromatic N) is 2. The van der Waals surface area contributed by atoms with Gasteiger partial charge in [-0.15, -0.1) is 0 Å². The molecule has 1 aromatic rings. The van der Waals surface area contributed by atoms with E-state index in [4.69, 9.17) is 11.6 Å². The fraction of sp³-hybridized carbons (Fsp3) is 0.474. The van der Waals surface area contributed by atoms with Crippen LogP contribution in [0.3, 0.4) is 0 Å². The van der Waals surface area contributed by atoms with E-state index in [-0.39, 0.29) is 41.2 Å². The van der Waals surface area contributed by atoms with Gasteiger partial charge in [0.25, 0.3) is 0 Å². The number of rotatable bonds is 4. The number of hydrogen-bond donors (Lipinski definition) is 3. The number of aliphatic carboxylic acids is 1. The standard InChI is InChI=1S/C19H21ClN4O5.Na/c1-8(25)13-15-10-3-2-4-11(14(10)16(18(27)28)24(15)17(13)26)23-19(29)22-9-5-6-12(20)21-7-9;/h5-8,10-11,13,15,25H,2-4H2,1H3,(H,27,28)(H2,22,23,29);/q;+1/p-1/t8?,10-,11-,13+,15+;/m0./s1. The van der Waals surface area contributed by atoms with E-state index in [9.17, 15) is 24.6 Å². The minimum absolute atomic E-state index is 0. The van der Waals surface area contributed by atoms with Crippen molar-refractivity contribution in [1.29, 1.82) is 0 Å². The zero-order valence-electron chi connectivity index (χ0n) is 16.6. The number of aliphatic hydroxyl groups is 1. The minimum Gasteiger partial charge on any atom is -0.543 e. The molecule has 1 saturated heterocycles. The first-order valence-electron chi connectivity index (χ1n) is 9.45. The van der Waals surface area contributed by atoms with Crippen LogP contribution in [0, 0.1) is 11.8 Å². The van der Waals surface area contributed by atoms with Gasteiger partial charge in [-0.3, -0.25) is 4.79 Å². The zero-order chi connectivity index (χ0) is 20.9. The van der Waals surface area contributed by atoms with E-state index in [0.717, 1.165) is 6.42 Å². The molecule has 3 amide bonds. The number of fused-ring (bicyclic) bond motifs is 3. The van der Waals surface area contributed by atoms with Crippen LogP contribution in [-0.4, -0.2) is 51.1 Å². The summed E-state index contributed by atoms with van der Waals surface area (Å²) in [7, 11) is 0. The van der Waals surface area contributed by atoms with E-state index in [1.807, 2.05) is 0 Å². The smallest absolute Gasteiger partial charge is 0.543 e. The predicted octanol–water partition coefficient (Wildman–Crippen LogP) is -2.75. The fourth-order valence-corrected chi connectivity index (χ4v) is 4.91. The summed E-state index contributed by atoms with van der Waals surface area (Å²) >= 11 is 5.73. The molecule has 1 saturated carbocycles. The van der Waals surface area contributed by atoms with Gasteiger partial charge in [-0.25, -0.2) is 9.78 Å². The van der Waals surface area contributed by atoms with Crippen LogP contribution >= 0.6 is 11.6 Å². The van der Waals surface area contributed by atoms with Crippen molar-refractivity contribution in [3.05, 3.63) is 34.8 Å². The molecule has 30 heavy (non-hydrogen) atoms. The number of nitrogens with one attached hydrogen (secondary N) is 2. The molecule has 0 aromatic carbocycles. The van der Waals surface area contributed by atoms with E-state index < -0.39 is 42.0 Å². The quantitative estimate of drug-likeness (QED) is 0.263. The largest absolute Gasteiger partial charge is 1.00 e. The van der Waals surface area contributed by atoms with Gasteiger partial charge in [-0.1, -0.05) is 18.0 Å². The molecule has 2 fully saturated rings. The van der Waals surface area contributed by atoms with Crippen LogP contribution in [0.2, 0.25) is 5.15 Å². The normalized spacial score (nSPS) is 28.0. The van der Waals surface area contributed by atoms with Gasteiger partial charge in [0.15, 0.2) is 0 Å². The molecular formula is C19H20ClN4NaO5. The number of halogens is 1. The molecule has 154 valence electrons. The Balaban J connectivity index is 0.00000256. The Morgan fingerprint density at radius 3 is 2.70 bits per heavy atom. The second-order valence-corrected chi connectivity index (χ2v) is 8.00. The van der Waals surface area contributed by atoms with Crippen LogP contribution in [-0.2, 0) is 9.59 Å². The van der Waals surface area contributed by atoms with Gasteiger partial charge in [-0.05, 0) is 37.5 Å². The number of carbonyl (C=O) groups excluding carboxylic acids is 3. The van der Waals surface area contributed by atoms with E-state index in [2.05, 4.69) is 15.6 Å². The second-order valence-electron chi connectivity index (χ2n) is 7.61. The zero-order valence-corrected chi connectivity index (χ0v) is 19.3. The van der Waals surface area contributed by atoms with Crippen molar-refractivity contribution >= 4 is 35.2 Å². The van der Waals surface area contributed by atoms with Crippen molar-refractivity contribution in [2.75, 3.05) is 5.32 Å². The molecule has 11 heteroatoms. The van der Waals surface area contributed by atoms with Gasteiger partial charge >= 0.3 is 35.6 Å². The minimum atomic E-state index is -1.44. The first kappa shape index (κ1) is 23.0. The van der Waals surface area contributed by atoms with Crippen molar-refractivity contribution < 1.29 is 54.2 Å². The summed E-state index contributed by atoms with van der Waals surface area (Å²) in [4.78, 5) is 41.9. The van der Waals surface area contributed by atoms with Crippen LogP contribution in [0.5, 0.6) is 0 Å². The first-order chi connectivity index (χ1) is 13.8. The number of pyridine rings is 1. The van der Waals surface area contributed by atoms with Gasteiger partial charge in [-0.2, -0.15) is 0 Å². The molecule has 3 heterocycles. The van der Waals surface area contributed by atoms with Crippen molar-refractivity contribution in [3.63, 3.8) is 0 Å². The number of carboxylic acid groups (broad SMARTS) is 1. The Labute approximate surface area is 200 Å².